The van der Waals surface area contributed by atoms with Crippen LogP contribution in [0.4, 0.5) is 0 Å². The zero-order valence-electron chi connectivity index (χ0n) is 10.7. The monoisotopic (exact) mass is 279 g/mol. The highest BCUT2D eigenvalue weighted by molar-refractivity contribution is 7.99. The van der Waals surface area contributed by atoms with E-state index in [0.29, 0.717) is 18.4 Å². The third kappa shape index (κ3) is 3.73. The maximum absolute atomic E-state index is 12.0. The van der Waals surface area contributed by atoms with Crippen LogP contribution < -0.4 is 0 Å². The fourth-order valence-corrected chi connectivity index (χ4v) is 3.06. The molecule has 0 aromatic heterocycles. The molecule has 1 aromatic carbocycles. The third-order valence-electron chi connectivity index (χ3n) is 3.22. The van der Waals surface area contributed by atoms with Crippen LogP contribution in [0.3, 0.4) is 0 Å². The number of carbonyl (C=O) groups is 2. The SMILES string of the molecule is O=C(O)c1ccccc1CCC(=O)N1CCSCC1. The summed E-state index contributed by atoms with van der Waals surface area (Å²) in [7, 11) is 0. The Morgan fingerprint density at radius 3 is 2.58 bits per heavy atom. The van der Waals surface area contributed by atoms with Crippen LogP contribution in [-0.2, 0) is 11.2 Å². The summed E-state index contributed by atoms with van der Waals surface area (Å²) in [5.41, 5.74) is 1.03. The molecule has 1 fully saturated rings. The molecule has 1 N–H and O–H groups in total. The average Bonchev–Trinajstić information content (AvgIpc) is 2.46. The molecule has 2 rings (SSSR count). The van der Waals surface area contributed by atoms with E-state index in [1.165, 1.54) is 0 Å². The maximum Gasteiger partial charge on any atom is 0.335 e. The number of nitrogens with zero attached hydrogens (tertiary/aromatic N) is 1. The van der Waals surface area contributed by atoms with E-state index in [0.717, 1.165) is 30.2 Å². The Balaban J connectivity index is 1.94. The molecule has 1 aromatic rings. The van der Waals surface area contributed by atoms with Gasteiger partial charge in [0.15, 0.2) is 0 Å². The predicted octanol–water partition coefficient (Wildman–Crippen LogP) is 1.89. The molecule has 0 saturated carbocycles. The van der Waals surface area contributed by atoms with Crippen LogP contribution in [0.25, 0.3) is 0 Å². The van der Waals surface area contributed by atoms with E-state index in [1.807, 2.05) is 22.7 Å². The Labute approximate surface area is 116 Å². The number of aromatic carboxylic acids is 1. The first kappa shape index (κ1) is 13.9. The van der Waals surface area contributed by atoms with Crippen LogP contribution in [0.15, 0.2) is 24.3 Å². The van der Waals surface area contributed by atoms with E-state index in [9.17, 15) is 9.59 Å². The summed E-state index contributed by atoms with van der Waals surface area (Å²) < 4.78 is 0. The Hall–Kier alpha value is -1.49. The highest BCUT2D eigenvalue weighted by Crippen LogP contribution is 2.14. The smallest absolute Gasteiger partial charge is 0.335 e. The second kappa shape index (κ2) is 6.61. The van der Waals surface area contributed by atoms with Crippen molar-refractivity contribution in [2.45, 2.75) is 12.8 Å². The minimum absolute atomic E-state index is 0.125. The second-order valence-corrected chi connectivity index (χ2v) is 5.68. The largest absolute Gasteiger partial charge is 0.478 e. The van der Waals surface area contributed by atoms with Gasteiger partial charge < -0.3 is 10.0 Å². The van der Waals surface area contributed by atoms with Gasteiger partial charge in [0.2, 0.25) is 5.91 Å². The average molecular weight is 279 g/mol. The van der Waals surface area contributed by atoms with E-state index in [-0.39, 0.29) is 5.91 Å². The van der Waals surface area contributed by atoms with Crippen molar-refractivity contribution in [2.24, 2.45) is 0 Å². The summed E-state index contributed by atoms with van der Waals surface area (Å²) in [5, 5.41) is 9.08. The molecule has 0 radical (unpaired) electrons. The first-order valence-electron chi connectivity index (χ1n) is 6.35. The van der Waals surface area contributed by atoms with Crippen LogP contribution in [0.2, 0.25) is 0 Å². The molecule has 0 aliphatic carbocycles. The molecule has 0 unspecified atom stereocenters. The van der Waals surface area contributed by atoms with Gasteiger partial charge in [-0.05, 0) is 18.1 Å². The maximum atomic E-state index is 12.0. The van der Waals surface area contributed by atoms with E-state index in [2.05, 4.69) is 0 Å². The van der Waals surface area contributed by atoms with Crippen molar-refractivity contribution in [3.8, 4) is 0 Å². The Bertz CT molecular complexity index is 470. The molecule has 0 atom stereocenters. The quantitative estimate of drug-likeness (QED) is 0.914. The number of benzene rings is 1. The number of carboxylic acid groups (broad SMARTS) is 1. The number of hydrogen-bond acceptors (Lipinski definition) is 3. The summed E-state index contributed by atoms with van der Waals surface area (Å²) in [5.74, 6) is 1.19. The third-order valence-corrected chi connectivity index (χ3v) is 4.16. The van der Waals surface area contributed by atoms with Crippen molar-refractivity contribution in [3.63, 3.8) is 0 Å². The molecule has 1 saturated heterocycles. The normalized spacial score (nSPS) is 15.3. The number of rotatable bonds is 4. The molecule has 1 heterocycles. The van der Waals surface area contributed by atoms with Gasteiger partial charge in [0.25, 0.3) is 0 Å². The lowest BCUT2D eigenvalue weighted by molar-refractivity contribution is -0.130. The zero-order chi connectivity index (χ0) is 13.7. The van der Waals surface area contributed by atoms with Crippen LogP contribution in [0.1, 0.15) is 22.3 Å². The molecule has 4 nitrogen and oxygen atoms in total. The highest BCUT2D eigenvalue weighted by atomic mass is 32.2. The second-order valence-electron chi connectivity index (χ2n) is 4.46. The first-order valence-corrected chi connectivity index (χ1v) is 7.50. The van der Waals surface area contributed by atoms with E-state index >= 15 is 0 Å². The van der Waals surface area contributed by atoms with Gasteiger partial charge in [0, 0.05) is 31.0 Å². The van der Waals surface area contributed by atoms with Crippen molar-refractivity contribution in [1.29, 1.82) is 0 Å². The highest BCUT2D eigenvalue weighted by Gasteiger charge is 2.17. The van der Waals surface area contributed by atoms with Gasteiger partial charge in [-0.3, -0.25) is 4.79 Å². The van der Waals surface area contributed by atoms with Gasteiger partial charge in [-0.25, -0.2) is 4.79 Å². The van der Waals surface area contributed by atoms with Crippen molar-refractivity contribution in [3.05, 3.63) is 35.4 Å². The minimum atomic E-state index is -0.933. The van der Waals surface area contributed by atoms with Crippen LogP contribution in [0, 0.1) is 0 Å². The molecule has 0 bridgehead atoms. The molecule has 19 heavy (non-hydrogen) atoms. The van der Waals surface area contributed by atoms with Gasteiger partial charge >= 0.3 is 5.97 Å². The van der Waals surface area contributed by atoms with Crippen molar-refractivity contribution in [1.82, 2.24) is 4.90 Å². The van der Waals surface area contributed by atoms with Crippen molar-refractivity contribution < 1.29 is 14.7 Å². The van der Waals surface area contributed by atoms with Gasteiger partial charge in [0.05, 0.1) is 5.56 Å². The molecule has 1 amide bonds. The van der Waals surface area contributed by atoms with Gasteiger partial charge in [-0.2, -0.15) is 11.8 Å². The number of hydrogen-bond donors (Lipinski definition) is 1. The predicted molar refractivity (Wildman–Crippen MR) is 75.6 cm³/mol. The summed E-state index contributed by atoms with van der Waals surface area (Å²) in [6.07, 6.45) is 0.875. The van der Waals surface area contributed by atoms with Crippen LogP contribution >= 0.6 is 11.8 Å². The first-order chi connectivity index (χ1) is 9.18. The zero-order valence-corrected chi connectivity index (χ0v) is 11.5. The number of thioether (sulfide) groups is 1. The number of amides is 1. The summed E-state index contributed by atoms with van der Waals surface area (Å²) in [4.78, 5) is 25.0. The summed E-state index contributed by atoms with van der Waals surface area (Å²) in [6.45, 7) is 1.62. The van der Waals surface area contributed by atoms with E-state index in [4.69, 9.17) is 5.11 Å². The fraction of sp³-hybridized carbons (Fsp3) is 0.429. The molecule has 1 aliphatic rings. The van der Waals surface area contributed by atoms with Crippen molar-refractivity contribution >= 4 is 23.6 Å². The Morgan fingerprint density at radius 1 is 1.21 bits per heavy atom. The number of aryl methyl sites for hydroxylation is 1. The lowest BCUT2D eigenvalue weighted by Crippen LogP contribution is -2.38. The summed E-state index contributed by atoms with van der Waals surface area (Å²) >= 11 is 1.87. The Kier molecular flexibility index (Phi) is 4.85. The standard InChI is InChI=1S/C14H17NO3S/c16-13(15-7-9-19-10-8-15)6-5-11-3-1-2-4-12(11)14(17)18/h1-4H,5-10H2,(H,17,18). The van der Waals surface area contributed by atoms with Crippen LogP contribution in [0.5, 0.6) is 0 Å². The lowest BCUT2D eigenvalue weighted by Gasteiger charge is -2.26. The topological polar surface area (TPSA) is 57.6 Å². The van der Waals surface area contributed by atoms with Crippen molar-refractivity contribution in [2.75, 3.05) is 24.6 Å². The van der Waals surface area contributed by atoms with E-state index < -0.39 is 5.97 Å². The molecular weight excluding hydrogens is 262 g/mol. The van der Waals surface area contributed by atoms with Gasteiger partial charge in [-0.1, -0.05) is 18.2 Å². The van der Waals surface area contributed by atoms with Gasteiger partial charge in [-0.15, -0.1) is 0 Å². The Morgan fingerprint density at radius 2 is 1.89 bits per heavy atom. The van der Waals surface area contributed by atoms with E-state index in [1.54, 1.807) is 18.2 Å². The van der Waals surface area contributed by atoms with Gasteiger partial charge in [0.1, 0.15) is 0 Å². The lowest BCUT2D eigenvalue weighted by atomic mass is 10.0. The fourth-order valence-electron chi connectivity index (χ4n) is 2.16. The molecule has 5 heteroatoms. The molecular formula is C14H17NO3S. The molecule has 1 aliphatic heterocycles. The number of carbonyl (C=O) groups excluding carboxylic acids is 1. The molecule has 0 spiro atoms. The van der Waals surface area contributed by atoms with Crippen LogP contribution in [-0.4, -0.2) is 46.5 Å². The summed E-state index contributed by atoms with van der Waals surface area (Å²) in [6, 6.07) is 6.88. The number of carboxylic acids is 1. The molecule has 102 valence electrons. The minimum Gasteiger partial charge on any atom is -0.478 e.